The van der Waals surface area contributed by atoms with Crippen molar-refractivity contribution in [3.8, 4) is 0 Å². The van der Waals surface area contributed by atoms with Gasteiger partial charge < -0.3 is 10.2 Å². The van der Waals surface area contributed by atoms with Crippen molar-refractivity contribution in [2.45, 2.75) is 51.2 Å². The highest BCUT2D eigenvalue weighted by molar-refractivity contribution is 7.90. The fourth-order valence-electron chi connectivity index (χ4n) is 4.12. The standard InChI is InChI=1S/C25H32Cl2N4O4S/c1-18(25(33)28-20-9-7-8-10-20)30(16-19-13-14-22(26)23(27)15-19)24(32)17-31(36(34,35)29(2)3)21-11-5-4-6-12-21/h4-6,11-15,18,20H,7-10,16-17H2,1-3H3,(H,28,33)/t18-/m0/s1. The molecule has 2 amide bonds. The van der Waals surface area contributed by atoms with E-state index >= 15 is 0 Å². The van der Waals surface area contributed by atoms with Crippen LogP contribution in [0.4, 0.5) is 5.69 Å². The lowest BCUT2D eigenvalue weighted by Crippen LogP contribution is -2.53. The third kappa shape index (κ3) is 6.91. The summed E-state index contributed by atoms with van der Waals surface area (Å²) in [4.78, 5) is 28.2. The Morgan fingerprint density at radius 1 is 1.03 bits per heavy atom. The van der Waals surface area contributed by atoms with Crippen LogP contribution in [0.1, 0.15) is 38.2 Å². The van der Waals surface area contributed by atoms with Crippen molar-refractivity contribution in [2.75, 3.05) is 24.9 Å². The predicted octanol–water partition coefficient (Wildman–Crippen LogP) is 4.08. The van der Waals surface area contributed by atoms with Crippen molar-refractivity contribution in [3.63, 3.8) is 0 Å². The van der Waals surface area contributed by atoms with Gasteiger partial charge in [-0.05, 0) is 49.6 Å². The van der Waals surface area contributed by atoms with Crippen LogP contribution in [0.3, 0.4) is 0 Å². The molecule has 8 nitrogen and oxygen atoms in total. The van der Waals surface area contributed by atoms with E-state index in [0.29, 0.717) is 21.3 Å². The maximum atomic E-state index is 13.7. The van der Waals surface area contributed by atoms with E-state index in [1.165, 1.54) is 19.0 Å². The molecule has 36 heavy (non-hydrogen) atoms. The summed E-state index contributed by atoms with van der Waals surface area (Å²) in [6, 6.07) is 12.6. The quantitative estimate of drug-likeness (QED) is 0.479. The van der Waals surface area contributed by atoms with Gasteiger partial charge in [-0.1, -0.05) is 60.3 Å². The lowest BCUT2D eigenvalue weighted by molar-refractivity contribution is -0.139. The first-order chi connectivity index (χ1) is 17.0. The molecule has 11 heteroatoms. The van der Waals surface area contributed by atoms with E-state index in [2.05, 4.69) is 5.32 Å². The molecule has 2 aromatic carbocycles. The van der Waals surface area contributed by atoms with Crippen LogP contribution < -0.4 is 9.62 Å². The molecule has 0 aromatic heterocycles. The zero-order valence-electron chi connectivity index (χ0n) is 20.7. The van der Waals surface area contributed by atoms with Crippen LogP contribution in [0.15, 0.2) is 48.5 Å². The van der Waals surface area contributed by atoms with Crippen LogP contribution in [0.2, 0.25) is 10.0 Å². The third-order valence-corrected chi connectivity index (χ3v) is 8.83. The second-order valence-electron chi connectivity index (χ2n) is 9.07. The van der Waals surface area contributed by atoms with Crippen LogP contribution in [-0.4, -0.2) is 62.2 Å². The van der Waals surface area contributed by atoms with Gasteiger partial charge in [-0.3, -0.25) is 9.59 Å². The highest BCUT2D eigenvalue weighted by Gasteiger charge is 2.33. The van der Waals surface area contributed by atoms with Crippen molar-refractivity contribution >= 4 is 50.9 Å². The Morgan fingerprint density at radius 3 is 2.25 bits per heavy atom. The molecule has 0 heterocycles. The number of nitrogens with one attached hydrogen (secondary N) is 1. The molecule has 1 atom stereocenters. The van der Waals surface area contributed by atoms with E-state index in [0.717, 1.165) is 34.3 Å². The minimum atomic E-state index is -3.99. The predicted molar refractivity (Wildman–Crippen MR) is 143 cm³/mol. The van der Waals surface area contributed by atoms with Gasteiger partial charge in [0.2, 0.25) is 11.8 Å². The second-order valence-corrected chi connectivity index (χ2v) is 11.9. The van der Waals surface area contributed by atoms with Crippen LogP contribution in [0, 0.1) is 0 Å². The summed E-state index contributed by atoms with van der Waals surface area (Å²) in [7, 11) is -1.18. The molecule has 1 aliphatic carbocycles. The van der Waals surface area contributed by atoms with Crippen LogP contribution in [0.25, 0.3) is 0 Å². The summed E-state index contributed by atoms with van der Waals surface area (Å²) in [5, 5.41) is 3.73. The smallest absolute Gasteiger partial charge is 0.304 e. The number of carbonyl (C=O) groups is 2. The molecule has 1 fully saturated rings. The first kappa shape index (κ1) is 28.2. The van der Waals surface area contributed by atoms with Gasteiger partial charge in [0.15, 0.2) is 0 Å². The number of hydrogen-bond donors (Lipinski definition) is 1. The maximum absolute atomic E-state index is 13.7. The van der Waals surface area contributed by atoms with E-state index in [-0.39, 0.29) is 18.5 Å². The first-order valence-corrected chi connectivity index (χ1v) is 13.9. The van der Waals surface area contributed by atoms with E-state index < -0.39 is 28.7 Å². The van der Waals surface area contributed by atoms with Crippen molar-refractivity contribution in [1.29, 1.82) is 0 Å². The second kappa shape index (κ2) is 12.3. The zero-order valence-corrected chi connectivity index (χ0v) is 23.0. The Labute approximate surface area is 223 Å². The minimum absolute atomic E-state index is 0.0552. The van der Waals surface area contributed by atoms with Crippen molar-refractivity contribution in [2.24, 2.45) is 0 Å². The van der Waals surface area contributed by atoms with E-state index in [9.17, 15) is 18.0 Å². The molecular formula is C25H32Cl2N4O4S. The van der Waals surface area contributed by atoms with Crippen molar-refractivity contribution < 1.29 is 18.0 Å². The summed E-state index contributed by atoms with van der Waals surface area (Å²) in [5.74, 6) is -0.804. The van der Waals surface area contributed by atoms with Crippen molar-refractivity contribution in [1.82, 2.24) is 14.5 Å². The van der Waals surface area contributed by atoms with Gasteiger partial charge in [0, 0.05) is 26.7 Å². The van der Waals surface area contributed by atoms with Gasteiger partial charge in [-0.25, -0.2) is 4.31 Å². The molecule has 0 unspecified atom stereocenters. The van der Waals surface area contributed by atoms with Gasteiger partial charge in [0.25, 0.3) is 0 Å². The molecule has 0 spiro atoms. The molecular weight excluding hydrogens is 523 g/mol. The number of nitrogens with zero attached hydrogens (tertiary/aromatic N) is 3. The lowest BCUT2D eigenvalue weighted by atomic mass is 10.1. The molecule has 3 rings (SSSR count). The van der Waals surface area contributed by atoms with Crippen molar-refractivity contribution in [3.05, 3.63) is 64.1 Å². The van der Waals surface area contributed by atoms with Gasteiger partial charge in [-0.2, -0.15) is 12.7 Å². The summed E-state index contributed by atoms with van der Waals surface area (Å²) in [5.41, 5.74) is 1.01. The number of benzene rings is 2. The molecule has 0 bridgehead atoms. The average Bonchev–Trinajstić information content (AvgIpc) is 3.36. The Balaban J connectivity index is 1.92. The molecule has 1 aliphatic rings. The molecule has 196 valence electrons. The Hall–Kier alpha value is -2.33. The summed E-state index contributed by atoms with van der Waals surface area (Å²) in [6.45, 7) is 1.22. The monoisotopic (exact) mass is 554 g/mol. The van der Waals surface area contributed by atoms with Crippen LogP contribution >= 0.6 is 23.2 Å². The number of rotatable bonds is 10. The van der Waals surface area contributed by atoms with E-state index in [1.807, 2.05) is 0 Å². The molecule has 1 N–H and O–H groups in total. The average molecular weight is 556 g/mol. The molecule has 0 aliphatic heterocycles. The van der Waals surface area contributed by atoms with Gasteiger partial charge in [0.1, 0.15) is 12.6 Å². The molecule has 1 saturated carbocycles. The van der Waals surface area contributed by atoms with E-state index in [4.69, 9.17) is 23.2 Å². The zero-order chi connectivity index (χ0) is 26.5. The number of carbonyl (C=O) groups excluding carboxylic acids is 2. The maximum Gasteiger partial charge on any atom is 0.304 e. The normalized spacial score (nSPS) is 15.1. The lowest BCUT2D eigenvalue weighted by Gasteiger charge is -2.33. The topological polar surface area (TPSA) is 90.0 Å². The number of anilines is 1. The fourth-order valence-corrected chi connectivity index (χ4v) is 5.50. The highest BCUT2D eigenvalue weighted by Crippen LogP contribution is 2.25. The number of para-hydroxylation sites is 1. The molecule has 0 saturated heterocycles. The Kier molecular flexibility index (Phi) is 9.63. The van der Waals surface area contributed by atoms with Crippen LogP contribution in [0.5, 0.6) is 0 Å². The Bertz CT molecular complexity index is 1170. The SMILES string of the molecule is C[C@@H](C(=O)NC1CCCC1)N(Cc1ccc(Cl)c(Cl)c1)C(=O)CN(c1ccccc1)S(=O)(=O)N(C)C. The number of amides is 2. The first-order valence-electron chi connectivity index (χ1n) is 11.8. The third-order valence-electron chi connectivity index (χ3n) is 6.27. The Morgan fingerprint density at radius 2 is 1.67 bits per heavy atom. The number of hydrogen-bond acceptors (Lipinski definition) is 4. The minimum Gasteiger partial charge on any atom is -0.352 e. The van der Waals surface area contributed by atoms with Crippen LogP contribution in [-0.2, 0) is 26.3 Å². The number of halogens is 2. The van der Waals surface area contributed by atoms with E-state index in [1.54, 1.807) is 55.5 Å². The van der Waals surface area contributed by atoms with Gasteiger partial charge >= 0.3 is 10.2 Å². The summed E-state index contributed by atoms with van der Waals surface area (Å²) in [6.07, 6.45) is 3.92. The summed E-state index contributed by atoms with van der Waals surface area (Å²) < 4.78 is 28.4. The largest absolute Gasteiger partial charge is 0.352 e. The molecule has 2 aromatic rings. The fraction of sp³-hybridized carbons (Fsp3) is 0.440. The highest BCUT2D eigenvalue weighted by atomic mass is 35.5. The molecule has 0 radical (unpaired) electrons. The summed E-state index contributed by atoms with van der Waals surface area (Å²) >= 11 is 12.2. The van der Waals surface area contributed by atoms with Gasteiger partial charge in [-0.15, -0.1) is 0 Å². The van der Waals surface area contributed by atoms with Gasteiger partial charge in [0.05, 0.1) is 15.7 Å².